The minimum Gasteiger partial charge on any atom is -0.497 e. The zero-order chi connectivity index (χ0) is 15.1. The maximum atomic E-state index is 11.6. The van der Waals surface area contributed by atoms with Crippen LogP contribution in [0, 0.1) is 0 Å². The molecular formula is C14H16O7. The van der Waals surface area contributed by atoms with E-state index in [0.29, 0.717) is 5.75 Å². The molecular weight excluding hydrogens is 280 g/mol. The Morgan fingerprint density at radius 1 is 1.05 bits per heavy atom. The van der Waals surface area contributed by atoms with Crippen molar-refractivity contribution < 1.29 is 33.9 Å². The zero-order valence-corrected chi connectivity index (χ0v) is 11.6. The second-order valence-corrected chi connectivity index (χ2v) is 4.52. The first-order valence-corrected chi connectivity index (χ1v) is 6.59. The maximum absolute atomic E-state index is 11.6. The Labute approximate surface area is 121 Å². The highest BCUT2D eigenvalue weighted by atomic mass is 17.5. The van der Waals surface area contributed by atoms with E-state index in [9.17, 15) is 9.59 Å². The number of carbonyl (C=O) groups excluding carboxylic acids is 2. The van der Waals surface area contributed by atoms with Crippen molar-refractivity contribution in [1.82, 2.24) is 0 Å². The molecule has 1 aliphatic rings. The molecule has 1 aromatic carbocycles. The molecule has 0 spiro atoms. The van der Waals surface area contributed by atoms with Gasteiger partial charge in [-0.2, -0.15) is 0 Å². The van der Waals surface area contributed by atoms with Gasteiger partial charge in [0, 0.05) is 0 Å². The summed E-state index contributed by atoms with van der Waals surface area (Å²) in [5.41, 5.74) is 0.226. The quantitative estimate of drug-likeness (QED) is 0.469. The molecule has 1 fully saturated rings. The predicted molar refractivity (Wildman–Crippen MR) is 69.3 cm³/mol. The molecule has 1 aliphatic carbocycles. The van der Waals surface area contributed by atoms with Crippen LogP contribution in [0.1, 0.15) is 36.0 Å². The van der Waals surface area contributed by atoms with Crippen molar-refractivity contribution in [2.75, 3.05) is 7.11 Å². The van der Waals surface area contributed by atoms with Crippen molar-refractivity contribution in [2.24, 2.45) is 0 Å². The molecule has 7 nitrogen and oxygen atoms in total. The molecule has 0 atom stereocenters. The van der Waals surface area contributed by atoms with Gasteiger partial charge >= 0.3 is 12.1 Å². The summed E-state index contributed by atoms with van der Waals surface area (Å²) in [7, 11) is 1.51. The zero-order valence-electron chi connectivity index (χ0n) is 11.6. The fourth-order valence-corrected chi connectivity index (χ4v) is 2.01. The lowest BCUT2D eigenvalue weighted by Crippen LogP contribution is -2.17. The molecule has 0 radical (unpaired) electrons. The number of hydrogen-bond acceptors (Lipinski definition) is 7. The number of methoxy groups -OCH3 is 1. The molecule has 0 aromatic heterocycles. The van der Waals surface area contributed by atoms with Crippen molar-refractivity contribution in [3.8, 4) is 5.75 Å². The lowest BCUT2D eigenvalue weighted by atomic mass is 10.2. The summed E-state index contributed by atoms with van der Waals surface area (Å²) in [4.78, 5) is 31.3. The topological polar surface area (TPSA) is 80.3 Å². The molecule has 0 heterocycles. The van der Waals surface area contributed by atoms with Crippen molar-refractivity contribution in [2.45, 2.75) is 31.8 Å². The molecule has 0 N–H and O–H groups in total. The van der Waals surface area contributed by atoms with Crippen molar-refractivity contribution in [1.29, 1.82) is 0 Å². The fraction of sp³-hybridized carbons (Fsp3) is 0.429. The molecule has 2 rings (SSSR count). The second kappa shape index (κ2) is 7.49. The Bertz CT molecular complexity index is 477. The number of ether oxygens (including phenoxy) is 2. The number of carbonyl (C=O) groups is 2. The van der Waals surface area contributed by atoms with Gasteiger partial charge in [0.2, 0.25) is 0 Å². The van der Waals surface area contributed by atoms with Gasteiger partial charge in [-0.05, 0) is 49.9 Å². The predicted octanol–water partition coefficient (Wildman–Crippen LogP) is 2.79. The third-order valence-electron chi connectivity index (χ3n) is 3.10. The average molecular weight is 296 g/mol. The van der Waals surface area contributed by atoms with Crippen LogP contribution >= 0.6 is 0 Å². The van der Waals surface area contributed by atoms with Crippen LogP contribution in [0.3, 0.4) is 0 Å². The van der Waals surface area contributed by atoms with Crippen molar-refractivity contribution >= 4 is 12.1 Å². The first-order valence-electron chi connectivity index (χ1n) is 6.59. The second-order valence-electron chi connectivity index (χ2n) is 4.52. The SMILES string of the molecule is COc1ccc(C(=O)OOOC(=O)OC2CCCC2)cc1. The Kier molecular flexibility index (Phi) is 5.39. The molecule has 21 heavy (non-hydrogen) atoms. The van der Waals surface area contributed by atoms with E-state index in [2.05, 4.69) is 14.8 Å². The van der Waals surface area contributed by atoms with E-state index in [-0.39, 0.29) is 11.7 Å². The van der Waals surface area contributed by atoms with E-state index in [1.54, 1.807) is 12.1 Å². The van der Waals surface area contributed by atoms with Gasteiger partial charge in [-0.3, -0.25) is 4.89 Å². The molecule has 0 saturated heterocycles. The molecule has 1 aromatic rings. The lowest BCUT2D eigenvalue weighted by molar-refractivity contribution is -0.453. The molecule has 7 heteroatoms. The summed E-state index contributed by atoms with van der Waals surface area (Å²) in [6.45, 7) is 0. The highest BCUT2D eigenvalue weighted by Crippen LogP contribution is 2.21. The Morgan fingerprint density at radius 2 is 1.71 bits per heavy atom. The van der Waals surface area contributed by atoms with Gasteiger partial charge in [0.25, 0.3) is 0 Å². The number of hydrogen-bond donors (Lipinski definition) is 0. The Hall–Kier alpha value is -2.28. The van der Waals surface area contributed by atoms with E-state index < -0.39 is 12.1 Å². The van der Waals surface area contributed by atoms with E-state index in [1.165, 1.54) is 19.2 Å². The van der Waals surface area contributed by atoms with E-state index >= 15 is 0 Å². The van der Waals surface area contributed by atoms with Crippen LogP contribution in [0.4, 0.5) is 4.79 Å². The normalized spacial score (nSPS) is 14.5. The van der Waals surface area contributed by atoms with Gasteiger partial charge in [-0.25, -0.2) is 14.5 Å². The van der Waals surface area contributed by atoms with Crippen LogP contribution in [-0.4, -0.2) is 25.3 Å². The fourth-order valence-electron chi connectivity index (χ4n) is 2.01. The van der Waals surface area contributed by atoms with E-state index in [4.69, 9.17) is 9.47 Å². The van der Waals surface area contributed by atoms with E-state index in [1.807, 2.05) is 0 Å². The van der Waals surface area contributed by atoms with Gasteiger partial charge in [-0.15, -0.1) is 0 Å². The summed E-state index contributed by atoms with van der Waals surface area (Å²) >= 11 is 0. The highest BCUT2D eigenvalue weighted by Gasteiger charge is 2.21. The third-order valence-corrected chi connectivity index (χ3v) is 3.10. The minimum absolute atomic E-state index is 0.154. The van der Waals surface area contributed by atoms with Crippen molar-refractivity contribution in [3.63, 3.8) is 0 Å². The summed E-state index contributed by atoms with van der Waals surface area (Å²) in [6, 6.07) is 6.15. The van der Waals surface area contributed by atoms with Gasteiger partial charge in [0.15, 0.2) is 0 Å². The van der Waals surface area contributed by atoms with Gasteiger partial charge in [0.05, 0.1) is 17.7 Å². The molecule has 0 bridgehead atoms. The van der Waals surface area contributed by atoms with E-state index in [0.717, 1.165) is 25.7 Å². The molecule has 0 amide bonds. The molecule has 114 valence electrons. The minimum atomic E-state index is -1.02. The average Bonchev–Trinajstić information content (AvgIpc) is 3.00. The summed E-state index contributed by atoms with van der Waals surface area (Å²) in [5.74, 6) is -0.199. The first-order chi connectivity index (χ1) is 10.2. The molecule has 0 aliphatic heterocycles. The lowest BCUT2D eigenvalue weighted by Gasteiger charge is -2.09. The third kappa shape index (κ3) is 4.64. The summed E-state index contributed by atoms with van der Waals surface area (Å²) in [6.07, 6.45) is 2.47. The number of benzene rings is 1. The number of rotatable bonds is 5. The van der Waals surface area contributed by atoms with Crippen LogP contribution in [-0.2, 0) is 19.6 Å². The van der Waals surface area contributed by atoms with Gasteiger partial charge < -0.3 is 9.47 Å². The van der Waals surface area contributed by atoms with Crippen molar-refractivity contribution in [3.05, 3.63) is 29.8 Å². The maximum Gasteiger partial charge on any atom is 0.543 e. The molecule has 1 saturated carbocycles. The first kappa shape index (κ1) is 15.1. The van der Waals surface area contributed by atoms with Gasteiger partial charge in [-0.1, -0.05) is 0 Å². The largest absolute Gasteiger partial charge is 0.543 e. The Balaban J connectivity index is 1.69. The monoisotopic (exact) mass is 296 g/mol. The van der Waals surface area contributed by atoms with Crippen LogP contribution in [0.5, 0.6) is 5.75 Å². The summed E-state index contributed by atoms with van der Waals surface area (Å²) < 4.78 is 9.89. The standard InChI is InChI=1S/C14H16O7/c1-17-11-8-6-10(7-9-11)13(15)19-21-20-14(16)18-12-4-2-3-5-12/h6-9,12H,2-5H2,1H3. The van der Waals surface area contributed by atoms with Crippen LogP contribution < -0.4 is 4.74 Å². The van der Waals surface area contributed by atoms with Crippen LogP contribution in [0.2, 0.25) is 0 Å². The highest BCUT2D eigenvalue weighted by molar-refractivity contribution is 5.89. The van der Waals surface area contributed by atoms with Crippen LogP contribution in [0.25, 0.3) is 0 Å². The summed E-state index contributed by atoms with van der Waals surface area (Å²) in [5, 5.41) is 4.12. The Morgan fingerprint density at radius 3 is 2.33 bits per heavy atom. The van der Waals surface area contributed by atoms with Gasteiger partial charge in [0.1, 0.15) is 11.9 Å². The van der Waals surface area contributed by atoms with Crippen LogP contribution in [0.15, 0.2) is 24.3 Å². The smallest absolute Gasteiger partial charge is 0.497 e. The molecule has 0 unspecified atom stereocenters.